The molecule has 0 radical (unpaired) electrons. The third-order valence-electron chi connectivity index (χ3n) is 4.84. The van der Waals surface area contributed by atoms with E-state index in [0.29, 0.717) is 25.7 Å². The summed E-state index contributed by atoms with van der Waals surface area (Å²) in [7, 11) is 5.06. The molecule has 0 saturated carbocycles. The first-order chi connectivity index (χ1) is 13.7. The van der Waals surface area contributed by atoms with Crippen LogP contribution in [0.3, 0.4) is 0 Å². The molecule has 1 aliphatic rings. The van der Waals surface area contributed by atoms with Crippen molar-refractivity contribution in [3.05, 3.63) is 23.8 Å². The first kappa shape index (κ1) is 25.8. The van der Waals surface area contributed by atoms with Gasteiger partial charge in [-0.15, -0.1) is 24.0 Å². The van der Waals surface area contributed by atoms with E-state index in [-0.39, 0.29) is 24.0 Å². The number of methoxy groups -OCH3 is 3. The van der Waals surface area contributed by atoms with Crippen LogP contribution in [-0.4, -0.2) is 78.2 Å². The van der Waals surface area contributed by atoms with Gasteiger partial charge in [-0.3, -0.25) is 4.99 Å². The van der Waals surface area contributed by atoms with Crippen LogP contribution in [0.5, 0.6) is 11.5 Å². The van der Waals surface area contributed by atoms with Crippen molar-refractivity contribution in [2.24, 2.45) is 10.9 Å². The van der Waals surface area contributed by atoms with Crippen LogP contribution in [0.15, 0.2) is 23.2 Å². The van der Waals surface area contributed by atoms with Crippen LogP contribution >= 0.6 is 24.0 Å². The summed E-state index contributed by atoms with van der Waals surface area (Å²) < 4.78 is 21.5. The SMILES string of the molecule is CCNC(=NCCc1cc(OC)ccc1OC)N1CCC(COCCOC)C1.I. The Morgan fingerprint density at radius 2 is 2.03 bits per heavy atom. The van der Waals surface area contributed by atoms with Gasteiger partial charge in [0.1, 0.15) is 11.5 Å². The maximum absolute atomic E-state index is 5.69. The monoisotopic (exact) mass is 521 g/mol. The van der Waals surface area contributed by atoms with Crippen LogP contribution in [0.4, 0.5) is 0 Å². The van der Waals surface area contributed by atoms with E-state index < -0.39 is 0 Å². The Kier molecular flexibility index (Phi) is 13.0. The van der Waals surface area contributed by atoms with E-state index in [2.05, 4.69) is 17.1 Å². The zero-order valence-corrected chi connectivity index (χ0v) is 20.4. The molecule has 1 unspecified atom stereocenters. The first-order valence-electron chi connectivity index (χ1n) is 10.0. The lowest BCUT2D eigenvalue weighted by Gasteiger charge is -2.22. The minimum atomic E-state index is 0. The molecule has 2 rings (SSSR count). The highest BCUT2D eigenvalue weighted by atomic mass is 127. The third kappa shape index (κ3) is 8.55. The molecule has 0 spiro atoms. The van der Waals surface area contributed by atoms with Gasteiger partial charge < -0.3 is 29.2 Å². The van der Waals surface area contributed by atoms with Crippen molar-refractivity contribution in [1.29, 1.82) is 0 Å². The summed E-state index contributed by atoms with van der Waals surface area (Å²) in [4.78, 5) is 7.17. The quantitative estimate of drug-likeness (QED) is 0.209. The minimum Gasteiger partial charge on any atom is -0.497 e. The van der Waals surface area contributed by atoms with E-state index in [1.165, 1.54) is 0 Å². The van der Waals surface area contributed by atoms with Crippen molar-refractivity contribution < 1.29 is 18.9 Å². The van der Waals surface area contributed by atoms with E-state index in [0.717, 1.165) is 62.1 Å². The van der Waals surface area contributed by atoms with Gasteiger partial charge in [-0.05, 0) is 43.5 Å². The number of ether oxygens (including phenoxy) is 4. The fourth-order valence-corrected chi connectivity index (χ4v) is 3.34. The van der Waals surface area contributed by atoms with Gasteiger partial charge in [-0.25, -0.2) is 0 Å². The van der Waals surface area contributed by atoms with E-state index in [1.54, 1.807) is 21.3 Å². The number of aliphatic imine (C=N–C) groups is 1. The first-order valence-corrected chi connectivity index (χ1v) is 10.0. The summed E-state index contributed by atoms with van der Waals surface area (Å²) in [5.41, 5.74) is 1.10. The lowest BCUT2D eigenvalue weighted by atomic mass is 10.1. The average molecular weight is 521 g/mol. The Morgan fingerprint density at radius 1 is 1.21 bits per heavy atom. The van der Waals surface area contributed by atoms with Gasteiger partial charge >= 0.3 is 0 Å². The topological polar surface area (TPSA) is 64.6 Å². The lowest BCUT2D eigenvalue weighted by molar-refractivity contribution is 0.0536. The van der Waals surface area contributed by atoms with Gasteiger partial charge in [0.25, 0.3) is 0 Å². The molecule has 1 fully saturated rings. The molecule has 1 heterocycles. The fourth-order valence-electron chi connectivity index (χ4n) is 3.34. The second-order valence-corrected chi connectivity index (χ2v) is 6.83. The van der Waals surface area contributed by atoms with E-state index in [1.807, 2.05) is 18.2 Å². The number of hydrogen-bond donors (Lipinski definition) is 1. The molecule has 0 bridgehead atoms. The number of nitrogens with zero attached hydrogens (tertiary/aromatic N) is 2. The van der Waals surface area contributed by atoms with Gasteiger partial charge in [-0.1, -0.05) is 0 Å². The Balaban J connectivity index is 0.00000420. The molecule has 8 heteroatoms. The molecule has 1 aliphatic heterocycles. The van der Waals surface area contributed by atoms with E-state index in [9.17, 15) is 0 Å². The van der Waals surface area contributed by atoms with Crippen molar-refractivity contribution >= 4 is 29.9 Å². The highest BCUT2D eigenvalue weighted by Crippen LogP contribution is 2.24. The van der Waals surface area contributed by atoms with Gasteiger partial charge in [0.15, 0.2) is 5.96 Å². The molecular weight excluding hydrogens is 485 g/mol. The molecule has 0 aliphatic carbocycles. The molecule has 0 amide bonds. The second-order valence-electron chi connectivity index (χ2n) is 6.83. The Labute approximate surface area is 192 Å². The van der Waals surface area contributed by atoms with Crippen LogP contribution < -0.4 is 14.8 Å². The van der Waals surface area contributed by atoms with E-state index >= 15 is 0 Å². The minimum absolute atomic E-state index is 0. The number of benzene rings is 1. The van der Waals surface area contributed by atoms with Crippen molar-refractivity contribution in [3.8, 4) is 11.5 Å². The van der Waals surface area contributed by atoms with Crippen molar-refractivity contribution in [1.82, 2.24) is 10.2 Å². The molecule has 1 N–H and O–H groups in total. The normalized spacial score (nSPS) is 16.5. The second kappa shape index (κ2) is 14.7. The highest BCUT2D eigenvalue weighted by Gasteiger charge is 2.24. The summed E-state index contributed by atoms with van der Waals surface area (Å²) in [6, 6.07) is 5.87. The Bertz CT molecular complexity index is 616. The summed E-state index contributed by atoms with van der Waals surface area (Å²) in [5.74, 6) is 3.22. The standard InChI is InChI=1S/C21H35N3O4.HI/c1-5-22-21(24-11-9-17(15-24)16-28-13-12-25-2)23-10-8-18-14-19(26-3)6-7-20(18)27-4;/h6-7,14,17H,5,8-13,15-16H2,1-4H3,(H,22,23);1H. The maximum Gasteiger partial charge on any atom is 0.193 e. The predicted octanol–water partition coefficient (Wildman–Crippen LogP) is 2.81. The number of halogens is 1. The molecular formula is C21H36IN3O4. The molecule has 1 saturated heterocycles. The van der Waals surface area contributed by atoms with Crippen molar-refractivity contribution in [2.45, 2.75) is 19.8 Å². The summed E-state index contributed by atoms with van der Waals surface area (Å²) in [5, 5.41) is 3.42. The number of likely N-dealkylation sites (tertiary alicyclic amines) is 1. The number of nitrogens with one attached hydrogen (secondary N) is 1. The molecule has 0 aromatic heterocycles. The van der Waals surface area contributed by atoms with Crippen LogP contribution in [0.1, 0.15) is 18.9 Å². The summed E-state index contributed by atoms with van der Waals surface area (Å²) >= 11 is 0. The molecule has 29 heavy (non-hydrogen) atoms. The molecule has 1 atom stereocenters. The van der Waals surface area contributed by atoms with Crippen LogP contribution in [-0.2, 0) is 15.9 Å². The molecule has 166 valence electrons. The van der Waals surface area contributed by atoms with Crippen molar-refractivity contribution in [3.63, 3.8) is 0 Å². The third-order valence-corrected chi connectivity index (χ3v) is 4.84. The average Bonchev–Trinajstić information content (AvgIpc) is 3.19. The van der Waals surface area contributed by atoms with Gasteiger partial charge in [-0.2, -0.15) is 0 Å². The Morgan fingerprint density at radius 3 is 2.72 bits per heavy atom. The van der Waals surface area contributed by atoms with Crippen molar-refractivity contribution in [2.75, 3.05) is 67.3 Å². The van der Waals surface area contributed by atoms with Gasteiger partial charge in [0.05, 0.1) is 34.0 Å². The fraction of sp³-hybridized carbons (Fsp3) is 0.667. The zero-order chi connectivity index (χ0) is 20.2. The Hall–Kier alpha value is -1.26. The smallest absolute Gasteiger partial charge is 0.193 e. The number of guanidine groups is 1. The largest absolute Gasteiger partial charge is 0.497 e. The summed E-state index contributed by atoms with van der Waals surface area (Å²) in [6.07, 6.45) is 1.92. The molecule has 7 nitrogen and oxygen atoms in total. The van der Waals surface area contributed by atoms with Crippen LogP contribution in [0.2, 0.25) is 0 Å². The van der Waals surface area contributed by atoms with E-state index in [4.69, 9.17) is 23.9 Å². The predicted molar refractivity (Wildman–Crippen MR) is 127 cm³/mol. The van der Waals surface area contributed by atoms with Gasteiger partial charge in [0.2, 0.25) is 0 Å². The highest BCUT2D eigenvalue weighted by molar-refractivity contribution is 14.0. The van der Waals surface area contributed by atoms with Gasteiger partial charge in [0, 0.05) is 39.2 Å². The number of hydrogen-bond acceptors (Lipinski definition) is 5. The number of rotatable bonds is 11. The van der Waals surface area contributed by atoms with Crippen LogP contribution in [0.25, 0.3) is 0 Å². The zero-order valence-electron chi connectivity index (χ0n) is 18.1. The lowest BCUT2D eigenvalue weighted by Crippen LogP contribution is -2.40. The maximum atomic E-state index is 5.69. The van der Waals surface area contributed by atoms with Crippen LogP contribution in [0, 0.1) is 5.92 Å². The molecule has 1 aromatic rings. The summed E-state index contributed by atoms with van der Waals surface area (Å²) in [6.45, 7) is 7.71. The molecule has 1 aromatic carbocycles.